The van der Waals surface area contributed by atoms with Gasteiger partial charge in [-0.1, -0.05) is 201 Å². The highest BCUT2D eigenvalue weighted by molar-refractivity contribution is 5.69. The molecule has 0 N–H and O–H groups in total. The van der Waals surface area contributed by atoms with Gasteiger partial charge in [-0.05, 0) is 32.1 Å². The third-order valence-corrected chi connectivity index (χ3v) is 9.04. The molecule has 0 rings (SSSR count). The molecule has 246 valence electrons. The molecule has 0 aliphatic rings. The van der Waals surface area contributed by atoms with Crippen molar-refractivity contribution in [1.82, 2.24) is 0 Å². The zero-order chi connectivity index (χ0) is 29.9. The van der Waals surface area contributed by atoms with E-state index in [1.165, 1.54) is 193 Å². The molecular formula is C39H78O2. The largest absolute Gasteiger partial charge is 0.462 e. The quantitative estimate of drug-likeness (QED) is 0.0552. The van der Waals surface area contributed by atoms with Crippen LogP contribution >= 0.6 is 0 Å². The van der Waals surface area contributed by atoms with E-state index < -0.39 is 0 Å². The molecule has 0 radical (unpaired) electrons. The van der Waals surface area contributed by atoms with Crippen LogP contribution in [0.5, 0.6) is 0 Å². The lowest BCUT2D eigenvalue weighted by Gasteiger charge is -2.18. The Hall–Kier alpha value is -0.530. The summed E-state index contributed by atoms with van der Waals surface area (Å²) in [6, 6.07) is 0. The number of carbonyl (C=O) groups is 1. The summed E-state index contributed by atoms with van der Waals surface area (Å²) in [5.74, 6) is 0.0730. The van der Waals surface area contributed by atoms with Crippen LogP contribution in [0, 0.1) is 0 Å². The highest BCUT2D eigenvalue weighted by atomic mass is 16.5. The first kappa shape index (κ1) is 40.5. The summed E-state index contributed by atoms with van der Waals surface area (Å²) in [4.78, 5) is 12.6. The minimum Gasteiger partial charge on any atom is -0.462 e. The van der Waals surface area contributed by atoms with Gasteiger partial charge in [-0.2, -0.15) is 0 Å². The monoisotopic (exact) mass is 579 g/mol. The lowest BCUT2D eigenvalue weighted by atomic mass is 10.0. The maximum atomic E-state index is 12.6. The van der Waals surface area contributed by atoms with Gasteiger partial charge in [0.2, 0.25) is 0 Å². The van der Waals surface area contributed by atoms with Crippen molar-refractivity contribution in [2.45, 2.75) is 245 Å². The molecule has 0 atom stereocenters. The van der Waals surface area contributed by atoms with E-state index in [9.17, 15) is 4.79 Å². The normalized spacial score (nSPS) is 11.5. The van der Waals surface area contributed by atoms with Gasteiger partial charge in [-0.15, -0.1) is 0 Å². The summed E-state index contributed by atoms with van der Waals surface area (Å²) < 4.78 is 6.05. The second kappa shape index (κ2) is 35.7. The molecule has 0 aliphatic heterocycles. The van der Waals surface area contributed by atoms with Crippen molar-refractivity contribution in [3.63, 3.8) is 0 Å². The fourth-order valence-electron chi connectivity index (χ4n) is 6.16. The van der Waals surface area contributed by atoms with Gasteiger partial charge in [0.15, 0.2) is 0 Å². The van der Waals surface area contributed by atoms with Gasteiger partial charge in [0.25, 0.3) is 0 Å². The Morgan fingerprint density at radius 2 is 0.610 bits per heavy atom. The van der Waals surface area contributed by atoms with Crippen LogP contribution in [0.1, 0.15) is 239 Å². The number of unbranched alkanes of at least 4 members (excludes halogenated alkanes) is 28. The van der Waals surface area contributed by atoms with Crippen LogP contribution in [-0.4, -0.2) is 12.1 Å². The van der Waals surface area contributed by atoms with Gasteiger partial charge in [0.1, 0.15) is 6.10 Å². The van der Waals surface area contributed by atoms with E-state index in [1.54, 1.807) is 0 Å². The van der Waals surface area contributed by atoms with Crippen LogP contribution in [0.3, 0.4) is 0 Å². The van der Waals surface area contributed by atoms with E-state index in [1.807, 2.05) is 0 Å². The predicted octanol–water partition coefficient (Wildman–Crippen LogP) is 14.2. The summed E-state index contributed by atoms with van der Waals surface area (Å²) in [6.45, 7) is 6.86. The van der Waals surface area contributed by atoms with E-state index in [-0.39, 0.29) is 12.1 Å². The number of ether oxygens (including phenoxy) is 1. The standard InChI is InChI=1S/C39H78O2/c1-4-7-10-13-16-19-20-21-22-23-24-25-28-31-34-37-39(40)41-38(35-32-29-26-17-14-11-8-5-2)36-33-30-27-18-15-12-9-6-3/h38H,4-37H2,1-3H3. The Bertz CT molecular complexity index is 468. The predicted molar refractivity (Wildman–Crippen MR) is 184 cm³/mol. The Kier molecular flexibility index (Phi) is 35.2. The van der Waals surface area contributed by atoms with Crippen LogP contribution in [-0.2, 0) is 9.53 Å². The topological polar surface area (TPSA) is 26.3 Å². The molecule has 0 aromatic heterocycles. The van der Waals surface area contributed by atoms with Gasteiger partial charge in [0.05, 0.1) is 0 Å². The fraction of sp³-hybridized carbons (Fsp3) is 0.974. The highest BCUT2D eigenvalue weighted by Gasteiger charge is 2.14. The molecule has 0 amide bonds. The molecule has 0 spiro atoms. The van der Waals surface area contributed by atoms with Gasteiger partial charge in [0, 0.05) is 6.42 Å². The average molecular weight is 579 g/mol. The first-order chi connectivity index (χ1) is 20.2. The molecule has 0 aromatic rings. The minimum atomic E-state index is 0.0730. The highest BCUT2D eigenvalue weighted by Crippen LogP contribution is 2.19. The molecule has 0 bridgehead atoms. The Balaban J connectivity index is 3.89. The van der Waals surface area contributed by atoms with E-state index in [0.29, 0.717) is 6.42 Å². The number of carbonyl (C=O) groups excluding carboxylic acids is 1. The van der Waals surface area contributed by atoms with Gasteiger partial charge in [-0.25, -0.2) is 0 Å². The molecule has 2 heteroatoms. The van der Waals surface area contributed by atoms with Crippen LogP contribution in [0.2, 0.25) is 0 Å². The average Bonchev–Trinajstić information content (AvgIpc) is 2.97. The summed E-state index contributed by atoms with van der Waals surface area (Å²) in [5, 5.41) is 0. The van der Waals surface area contributed by atoms with Gasteiger partial charge in [-0.3, -0.25) is 4.79 Å². The molecular weight excluding hydrogens is 500 g/mol. The first-order valence-electron chi connectivity index (χ1n) is 19.4. The summed E-state index contributed by atoms with van der Waals surface area (Å²) in [5.41, 5.74) is 0. The smallest absolute Gasteiger partial charge is 0.306 e. The van der Waals surface area contributed by atoms with Crippen molar-refractivity contribution in [3.8, 4) is 0 Å². The van der Waals surface area contributed by atoms with Crippen molar-refractivity contribution < 1.29 is 9.53 Å². The molecule has 0 saturated carbocycles. The Morgan fingerprint density at radius 3 is 0.902 bits per heavy atom. The van der Waals surface area contributed by atoms with Gasteiger partial charge >= 0.3 is 5.97 Å². The fourth-order valence-corrected chi connectivity index (χ4v) is 6.16. The Morgan fingerprint density at radius 1 is 0.366 bits per heavy atom. The van der Waals surface area contributed by atoms with E-state index in [2.05, 4.69) is 20.8 Å². The van der Waals surface area contributed by atoms with Crippen molar-refractivity contribution in [3.05, 3.63) is 0 Å². The molecule has 0 fully saturated rings. The molecule has 0 aliphatic carbocycles. The summed E-state index contributed by atoms with van der Waals surface area (Å²) in [6.07, 6.45) is 44.9. The Labute approximate surface area is 260 Å². The van der Waals surface area contributed by atoms with E-state index >= 15 is 0 Å². The lowest BCUT2D eigenvalue weighted by Crippen LogP contribution is -2.18. The van der Waals surface area contributed by atoms with Crippen LogP contribution in [0.4, 0.5) is 0 Å². The van der Waals surface area contributed by atoms with Gasteiger partial charge < -0.3 is 4.74 Å². The van der Waals surface area contributed by atoms with E-state index in [4.69, 9.17) is 4.74 Å². The van der Waals surface area contributed by atoms with Crippen molar-refractivity contribution in [1.29, 1.82) is 0 Å². The molecule has 41 heavy (non-hydrogen) atoms. The van der Waals surface area contributed by atoms with Crippen LogP contribution in [0.15, 0.2) is 0 Å². The summed E-state index contributed by atoms with van der Waals surface area (Å²) in [7, 11) is 0. The second-order valence-electron chi connectivity index (χ2n) is 13.3. The van der Waals surface area contributed by atoms with Crippen LogP contribution < -0.4 is 0 Å². The maximum absolute atomic E-state index is 12.6. The maximum Gasteiger partial charge on any atom is 0.306 e. The van der Waals surface area contributed by atoms with Crippen molar-refractivity contribution >= 4 is 5.97 Å². The summed E-state index contributed by atoms with van der Waals surface area (Å²) >= 11 is 0. The third kappa shape index (κ3) is 33.8. The molecule has 0 heterocycles. The lowest BCUT2D eigenvalue weighted by molar-refractivity contribution is -0.150. The van der Waals surface area contributed by atoms with E-state index in [0.717, 1.165) is 19.3 Å². The molecule has 0 saturated heterocycles. The third-order valence-electron chi connectivity index (χ3n) is 9.04. The number of esters is 1. The number of rotatable bonds is 35. The number of hydrogen-bond donors (Lipinski definition) is 0. The van der Waals surface area contributed by atoms with Crippen molar-refractivity contribution in [2.75, 3.05) is 0 Å². The molecule has 0 aromatic carbocycles. The van der Waals surface area contributed by atoms with Crippen LogP contribution in [0.25, 0.3) is 0 Å². The van der Waals surface area contributed by atoms with Crippen molar-refractivity contribution in [2.24, 2.45) is 0 Å². The SMILES string of the molecule is CCCCCCCCCCCCCCCCCC(=O)OC(CCCCCCCCCC)CCCCCCCCCC. The first-order valence-corrected chi connectivity index (χ1v) is 19.4. The second-order valence-corrected chi connectivity index (χ2v) is 13.3. The zero-order valence-corrected chi connectivity index (χ0v) is 28.9. The molecule has 2 nitrogen and oxygen atoms in total. The minimum absolute atomic E-state index is 0.0730. The number of hydrogen-bond acceptors (Lipinski definition) is 2. The zero-order valence-electron chi connectivity index (χ0n) is 28.9. The molecule has 0 unspecified atom stereocenters.